The van der Waals surface area contributed by atoms with Gasteiger partial charge in [-0.05, 0) is 24.2 Å². The topological polar surface area (TPSA) is 45.3 Å². The molecule has 23 heavy (non-hydrogen) atoms. The number of rotatable bonds is 1. The molecule has 1 aliphatic heterocycles. The van der Waals surface area contributed by atoms with Gasteiger partial charge in [0.25, 0.3) is 0 Å². The van der Waals surface area contributed by atoms with Crippen LogP contribution in [0.15, 0.2) is 48.5 Å². The molecule has 0 bridgehead atoms. The molecular weight excluding hydrogens is 288 g/mol. The number of hydrogen-bond acceptors (Lipinski definition) is 3. The Labute approximate surface area is 134 Å². The normalized spacial score (nSPS) is 17.4. The van der Waals surface area contributed by atoms with E-state index in [0.29, 0.717) is 6.54 Å². The number of aromatic amines is 1. The average molecular weight is 306 g/mol. The van der Waals surface area contributed by atoms with Crippen molar-refractivity contribution in [3.05, 3.63) is 59.7 Å². The van der Waals surface area contributed by atoms with Gasteiger partial charge in [0.15, 0.2) is 0 Å². The number of esters is 1. The third-order valence-corrected chi connectivity index (χ3v) is 4.61. The molecular formula is C19H18N2O2. The molecule has 2 heterocycles. The summed E-state index contributed by atoms with van der Waals surface area (Å²) in [7, 11) is 3.41. The van der Waals surface area contributed by atoms with Crippen molar-refractivity contribution in [3.63, 3.8) is 0 Å². The molecule has 116 valence electrons. The van der Waals surface area contributed by atoms with Gasteiger partial charge < -0.3 is 9.72 Å². The third kappa shape index (κ3) is 2.06. The summed E-state index contributed by atoms with van der Waals surface area (Å²) in [6, 6.07) is 16.0. The Morgan fingerprint density at radius 3 is 2.74 bits per heavy atom. The Morgan fingerprint density at radius 2 is 1.91 bits per heavy atom. The van der Waals surface area contributed by atoms with Gasteiger partial charge in [-0.1, -0.05) is 42.5 Å². The van der Waals surface area contributed by atoms with E-state index >= 15 is 0 Å². The summed E-state index contributed by atoms with van der Waals surface area (Å²) in [5.41, 5.74) is 5.49. The van der Waals surface area contributed by atoms with Crippen LogP contribution in [0.1, 0.15) is 17.2 Å². The number of fused-ring (bicyclic) bond motifs is 5. The Morgan fingerprint density at radius 1 is 1.17 bits per heavy atom. The quantitative estimate of drug-likeness (QED) is 0.700. The highest BCUT2D eigenvalue weighted by molar-refractivity contribution is 5.93. The number of benzene rings is 2. The van der Waals surface area contributed by atoms with E-state index in [4.69, 9.17) is 4.74 Å². The molecule has 4 nitrogen and oxygen atoms in total. The monoisotopic (exact) mass is 306 g/mol. The first-order chi connectivity index (χ1) is 11.2. The minimum Gasteiger partial charge on any atom is -0.468 e. The summed E-state index contributed by atoms with van der Waals surface area (Å²) in [6.45, 7) is 0.688. The van der Waals surface area contributed by atoms with Gasteiger partial charge in [0.2, 0.25) is 0 Å². The summed E-state index contributed by atoms with van der Waals surface area (Å²) in [5.74, 6) is -0.227. The maximum atomic E-state index is 12.4. The lowest BCUT2D eigenvalue weighted by Crippen LogP contribution is -2.30. The molecule has 0 aliphatic carbocycles. The number of H-pyrrole nitrogens is 1. The molecule has 1 unspecified atom stereocenters. The molecule has 2 aromatic carbocycles. The number of ether oxygens (including phenoxy) is 1. The number of para-hydroxylation sites is 1. The smallest absolute Gasteiger partial charge is 0.327 e. The van der Waals surface area contributed by atoms with E-state index in [0.717, 1.165) is 22.3 Å². The van der Waals surface area contributed by atoms with Crippen molar-refractivity contribution in [1.82, 2.24) is 9.88 Å². The lowest BCUT2D eigenvalue weighted by atomic mass is 9.98. The molecule has 0 radical (unpaired) electrons. The highest BCUT2D eigenvalue weighted by atomic mass is 16.5. The lowest BCUT2D eigenvalue weighted by molar-refractivity contribution is -0.146. The second-order valence-corrected chi connectivity index (χ2v) is 5.95. The second kappa shape index (κ2) is 5.25. The number of aromatic nitrogens is 1. The Hall–Kier alpha value is -2.59. The number of carbonyl (C=O) groups excluding carboxylic acids is 1. The van der Waals surface area contributed by atoms with Gasteiger partial charge >= 0.3 is 5.97 Å². The molecule has 1 N–H and O–H groups in total. The number of nitrogens with one attached hydrogen (secondary N) is 1. The van der Waals surface area contributed by atoms with E-state index in [1.165, 1.54) is 18.1 Å². The molecule has 1 aromatic heterocycles. The number of hydrogen-bond donors (Lipinski definition) is 1. The Kier molecular flexibility index (Phi) is 3.20. The van der Waals surface area contributed by atoms with E-state index in [-0.39, 0.29) is 5.97 Å². The molecule has 4 rings (SSSR count). The first-order valence-electron chi connectivity index (χ1n) is 7.67. The summed E-state index contributed by atoms with van der Waals surface area (Å²) in [4.78, 5) is 17.9. The molecule has 1 atom stereocenters. The van der Waals surface area contributed by atoms with Gasteiger partial charge in [-0.3, -0.25) is 4.90 Å². The Balaban J connectivity index is 2.02. The van der Waals surface area contributed by atoms with Crippen molar-refractivity contribution in [2.75, 3.05) is 14.2 Å². The van der Waals surface area contributed by atoms with Gasteiger partial charge in [0.05, 0.1) is 12.8 Å². The van der Waals surface area contributed by atoms with Crippen LogP contribution >= 0.6 is 0 Å². The molecule has 0 amide bonds. The average Bonchev–Trinajstić information content (AvgIpc) is 2.88. The number of methoxy groups -OCH3 is 1. The Bertz CT molecular complexity index is 897. The molecule has 4 heteroatoms. The molecule has 0 spiro atoms. The van der Waals surface area contributed by atoms with Crippen LogP contribution in [0.3, 0.4) is 0 Å². The zero-order chi connectivity index (χ0) is 16.0. The molecule has 0 saturated heterocycles. The summed E-state index contributed by atoms with van der Waals surface area (Å²) >= 11 is 0. The zero-order valence-corrected chi connectivity index (χ0v) is 13.2. The number of likely N-dealkylation sites (N-methyl/N-ethyl adjacent to an activating group) is 1. The van der Waals surface area contributed by atoms with Crippen LogP contribution in [0.5, 0.6) is 0 Å². The fraction of sp³-hybridized carbons (Fsp3) is 0.211. The molecule has 0 fully saturated rings. The fourth-order valence-electron chi connectivity index (χ4n) is 3.55. The fourth-order valence-corrected chi connectivity index (χ4v) is 3.55. The summed E-state index contributed by atoms with van der Waals surface area (Å²) in [5, 5.41) is 1.20. The largest absolute Gasteiger partial charge is 0.468 e. The van der Waals surface area contributed by atoms with Crippen molar-refractivity contribution < 1.29 is 9.53 Å². The minimum absolute atomic E-state index is 0.227. The van der Waals surface area contributed by atoms with Crippen molar-refractivity contribution in [2.24, 2.45) is 0 Å². The number of carbonyl (C=O) groups is 1. The van der Waals surface area contributed by atoms with Gasteiger partial charge in [-0.15, -0.1) is 0 Å². The van der Waals surface area contributed by atoms with Crippen LogP contribution in [0.4, 0.5) is 0 Å². The van der Waals surface area contributed by atoms with Crippen molar-refractivity contribution >= 4 is 16.9 Å². The van der Waals surface area contributed by atoms with Crippen LogP contribution < -0.4 is 0 Å². The lowest BCUT2D eigenvalue weighted by Gasteiger charge is -2.24. The maximum absolute atomic E-state index is 12.4. The van der Waals surface area contributed by atoms with Gasteiger partial charge in [0.1, 0.15) is 6.04 Å². The van der Waals surface area contributed by atoms with Gasteiger partial charge in [-0.25, -0.2) is 4.79 Å². The summed E-state index contributed by atoms with van der Waals surface area (Å²) < 4.78 is 5.04. The maximum Gasteiger partial charge on any atom is 0.327 e. The first-order valence-corrected chi connectivity index (χ1v) is 7.67. The molecule has 0 saturated carbocycles. The third-order valence-electron chi connectivity index (χ3n) is 4.61. The van der Waals surface area contributed by atoms with Crippen molar-refractivity contribution in [2.45, 2.75) is 12.6 Å². The van der Waals surface area contributed by atoms with Crippen LogP contribution in [0.2, 0.25) is 0 Å². The highest BCUT2D eigenvalue weighted by Crippen LogP contribution is 2.40. The van der Waals surface area contributed by atoms with E-state index in [1.807, 2.05) is 37.4 Å². The minimum atomic E-state index is -0.393. The van der Waals surface area contributed by atoms with Crippen LogP contribution in [-0.2, 0) is 16.1 Å². The van der Waals surface area contributed by atoms with E-state index in [9.17, 15) is 4.79 Å². The zero-order valence-electron chi connectivity index (χ0n) is 13.2. The first kappa shape index (κ1) is 14.0. The van der Waals surface area contributed by atoms with Crippen molar-refractivity contribution in [1.29, 1.82) is 0 Å². The number of nitrogens with zero attached hydrogens (tertiary/aromatic N) is 1. The van der Waals surface area contributed by atoms with E-state index in [2.05, 4.69) is 28.1 Å². The van der Waals surface area contributed by atoms with Crippen molar-refractivity contribution in [3.8, 4) is 11.3 Å². The van der Waals surface area contributed by atoms with Crippen LogP contribution in [0, 0.1) is 0 Å². The van der Waals surface area contributed by atoms with Gasteiger partial charge in [0, 0.05) is 23.0 Å². The summed E-state index contributed by atoms with van der Waals surface area (Å²) in [6.07, 6.45) is 0. The predicted molar refractivity (Wildman–Crippen MR) is 90.0 cm³/mol. The molecule has 3 aromatic rings. The second-order valence-electron chi connectivity index (χ2n) is 5.95. The van der Waals surface area contributed by atoms with E-state index in [1.54, 1.807) is 0 Å². The van der Waals surface area contributed by atoms with Gasteiger partial charge in [-0.2, -0.15) is 0 Å². The standard InChI is InChI=1S/C19H18N2O2/c1-21-11-15-12-7-5-6-10-16(12)20-17(15)13-8-3-4-9-14(13)18(21)19(22)23-2/h3-10,18,20H,11H2,1-2H3. The van der Waals surface area contributed by atoms with E-state index < -0.39 is 6.04 Å². The molecule has 1 aliphatic rings. The highest BCUT2D eigenvalue weighted by Gasteiger charge is 2.33. The van der Waals surface area contributed by atoms with Crippen LogP contribution in [-0.4, -0.2) is 30.0 Å². The van der Waals surface area contributed by atoms with Crippen LogP contribution in [0.25, 0.3) is 22.2 Å². The SMILES string of the molecule is COC(=O)C1c2ccccc2-c2[nH]c3ccccc3c2CN1C. The predicted octanol–water partition coefficient (Wildman–Crippen LogP) is 3.49.